The Kier molecular flexibility index (Phi) is 3.97. The lowest BCUT2D eigenvalue weighted by Crippen LogP contribution is -2.49. The first-order valence-corrected chi connectivity index (χ1v) is 9.11. The molecule has 1 amide bonds. The lowest BCUT2D eigenvalue weighted by atomic mass is 10.1. The number of benzene rings is 2. The predicted molar refractivity (Wildman–Crippen MR) is 103 cm³/mol. The normalized spacial score (nSPS) is 14.6. The molecule has 4 aromatic rings. The van der Waals surface area contributed by atoms with Crippen LogP contribution in [0.2, 0.25) is 0 Å². The van der Waals surface area contributed by atoms with E-state index in [0.717, 1.165) is 16.6 Å². The predicted octanol–water partition coefficient (Wildman–Crippen LogP) is 1.50. The molecule has 5 rings (SSSR count). The van der Waals surface area contributed by atoms with Gasteiger partial charge >= 0.3 is 0 Å². The standard InChI is InChI=1S/C19H18N8O/c28-18(16-8-4-5-14-13-20-21-17(14)16)25-9-11-26(12-10-25)19-22-23-24-27(19)15-6-2-1-3-7-15/h1-8,13H,9-12H2,(H,20,21). The van der Waals surface area contributed by atoms with Crippen LogP contribution in [0, 0.1) is 0 Å². The Morgan fingerprint density at radius 2 is 1.79 bits per heavy atom. The van der Waals surface area contributed by atoms with Gasteiger partial charge in [-0.05, 0) is 28.6 Å². The van der Waals surface area contributed by atoms with Crippen LogP contribution in [-0.2, 0) is 0 Å². The zero-order valence-corrected chi connectivity index (χ0v) is 15.1. The van der Waals surface area contributed by atoms with Gasteiger partial charge in [0.05, 0.1) is 23.0 Å². The molecule has 0 saturated carbocycles. The molecule has 28 heavy (non-hydrogen) atoms. The highest BCUT2D eigenvalue weighted by Crippen LogP contribution is 2.20. The number of carbonyl (C=O) groups excluding carboxylic acids is 1. The van der Waals surface area contributed by atoms with Crippen molar-refractivity contribution in [1.82, 2.24) is 35.3 Å². The van der Waals surface area contributed by atoms with E-state index in [0.29, 0.717) is 37.7 Å². The summed E-state index contributed by atoms with van der Waals surface area (Å²) in [6.07, 6.45) is 1.73. The maximum atomic E-state index is 13.0. The highest BCUT2D eigenvalue weighted by atomic mass is 16.2. The number of tetrazole rings is 1. The van der Waals surface area contributed by atoms with Gasteiger partial charge in [0.1, 0.15) is 0 Å². The van der Waals surface area contributed by atoms with Crippen molar-refractivity contribution in [2.24, 2.45) is 0 Å². The number of aromatic amines is 1. The molecule has 1 saturated heterocycles. The van der Waals surface area contributed by atoms with E-state index in [1.54, 1.807) is 10.9 Å². The van der Waals surface area contributed by atoms with Crippen molar-refractivity contribution in [3.05, 3.63) is 60.3 Å². The third kappa shape index (κ3) is 2.77. The van der Waals surface area contributed by atoms with Gasteiger partial charge in [0.25, 0.3) is 5.91 Å². The highest BCUT2D eigenvalue weighted by Gasteiger charge is 2.26. The van der Waals surface area contributed by atoms with E-state index in [-0.39, 0.29) is 5.91 Å². The number of para-hydroxylation sites is 2. The van der Waals surface area contributed by atoms with Gasteiger partial charge in [0, 0.05) is 31.6 Å². The number of nitrogens with zero attached hydrogens (tertiary/aromatic N) is 7. The van der Waals surface area contributed by atoms with Crippen LogP contribution >= 0.6 is 0 Å². The number of H-pyrrole nitrogens is 1. The fourth-order valence-electron chi connectivity index (χ4n) is 3.54. The summed E-state index contributed by atoms with van der Waals surface area (Å²) in [6.45, 7) is 2.53. The van der Waals surface area contributed by atoms with Gasteiger partial charge < -0.3 is 9.80 Å². The fraction of sp³-hybridized carbons (Fsp3) is 0.211. The van der Waals surface area contributed by atoms with E-state index in [2.05, 4.69) is 30.6 Å². The number of amides is 1. The smallest absolute Gasteiger partial charge is 0.256 e. The van der Waals surface area contributed by atoms with E-state index in [1.165, 1.54) is 0 Å². The third-order valence-electron chi connectivity index (χ3n) is 5.01. The monoisotopic (exact) mass is 374 g/mol. The number of carbonyl (C=O) groups is 1. The molecule has 3 heterocycles. The van der Waals surface area contributed by atoms with Crippen LogP contribution < -0.4 is 4.90 Å². The molecule has 1 aliphatic rings. The summed E-state index contributed by atoms with van der Waals surface area (Å²) in [5, 5.41) is 20.0. The Bertz CT molecular complexity index is 1110. The average molecular weight is 374 g/mol. The SMILES string of the molecule is O=C(c1cccc2cn[nH]c12)N1CCN(c2nnnn2-c2ccccc2)CC1. The third-order valence-corrected chi connectivity index (χ3v) is 5.01. The van der Waals surface area contributed by atoms with Crippen molar-refractivity contribution < 1.29 is 4.79 Å². The van der Waals surface area contributed by atoms with Gasteiger partial charge in [0.15, 0.2) is 0 Å². The summed E-state index contributed by atoms with van der Waals surface area (Å²) in [5.74, 6) is 0.700. The largest absolute Gasteiger partial charge is 0.336 e. The molecule has 1 aliphatic heterocycles. The number of anilines is 1. The van der Waals surface area contributed by atoms with Gasteiger partial charge in [-0.25, -0.2) is 0 Å². The average Bonchev–Trinajstić information content (AvgIpc) is 3.43. The number of aromatic nitrogens is 6. The van der Waals surface area contributed by atoms with Crippen LogP contribution in [0.15, 0.2) is 54.7 Å². The maximum absolute atomic E-state index is 13.0. The van der Waals surface area contributed by atoms with Crippen LogP contribution in [0.3, 0.4) is 0 Å². The van der Waals surface area contributed by atoms with Gasteiger partial charge in [-0.3, -0.25) is 9.89 Å². The molecule has 0 spiro atoms. The molecule has 0 unspecified atom stereocenters. The van der Waals surface area contributed by atoms with E-state index < -0.39 is 0 Å². The molecular formula is C19H18N8O. The second-order valence-electron chi connectivity index (χ2n) is 6.65. The molecule has 1 fully saturated rings. The first kappa shape index (κ1) is 16.4. The van der Waals surface area contributed by atoms with Crippen molar-refractivity contribution in [3.63, 3.8) is 0 Å². The summed E-state index contributed by atoms with van der Waals surface area (Å²) < 4.78 is 1.73. The van der Waals surface area contributed by atoms with Crippen LogP contribution in [0.25, 0.3) is 16.6 Å². The summed E-state index contributed by atoms with van der Waals surface area (Å²) in [5.41, 5.74) is 2.34. The zero-order chi connectivity index (χ0) is 18.9. The Labute approximate surface area is 160 Å². The Morgan fingerprint density at radius 1 is 0.964 bits per heavy atom. The number of hydrogen-bond acceptors (Lipinski definition) is 6. The second kappa shape index (κ2) is 6.76. The number of nitrogens with one attached hydrogen (secondary N) is 1. The van der Waals surface area contributed by atoms with E-state index >= 15 is 0 Å². The Balaban J connectivity index is 1.33. The molecule has 140 valence electrons. The minimum Gasteiger partial charge on any atom is -0.336 e. The summed E-state index contributed by atoms with van der Waals surface area (Å²) >= 11 is 0. The van der Waals surface area contributed by atoms with E-state index in [4.69, 9.17) is 0 Å². The van der Waals surface area contributed by atoms with Crippen molar-refractivity contribution in [2.45, 2.75) is 0 Å². The Hall–Kier alpha value is -3.75. The number of piperazine rings is 1. The number of fused-ring (bicyclic) bond motifs is 1. The van der Waals surface area contributed by atoms with Gasteiger partial charge in [-0.1, -0.05) is 35.4 Å². The molecule has 0 radical (unpaired) electrons. The zero-order valence-electron chi connectivity index (χ0n) is 15.1. The number of hydrogen-bond donors (Lipinski definition) is 1. The molecule has 0 atom stereocenters. The van der Waals surface area contributed by atoms with Crippen LogP contribution in [0.1, 0.15) is 10.4 Å². The first-order valence-electron chi connectivity index (χ1n) is 9.11. The molecular weight excluding hydrogens is 356 g/mol. The van der Waals surface area contributed by atoms with Crippen molar-refractivity contribution >= 4 is 22.8 Å². The van der Waals surface area contributed by atoms with Crippen LogP contribution in [0.5, 0.6) is 0 Å². The van der Waals surface area contributed by atoms with E-state index in [1.807, 2.05) is 53.4 Å². The minimum atomic E-state index is 0.0113. The first-order chi connectivity index (χ1) is 13.8. The van der Waals surface area contributed by atoms with E-state index in [9.17, 15) is 4.79 Å². The topological polar surface area (TPSA) is 95.8 Å². The summed E-state index contributed by atoms with van der Waals surface area (Å²) in [4.78, 5) is 17.0. The molecule has 1 N–H and O–H groups in total. The molecule has 0 bridgehead atoms. The van der Waals surface area contributed by atoms with Gasteiger partial charge in [-0.15, -0.1) is 0 Å². The lowest BCUT2D eigenvalue weighted by molar-refractivity contribution is 0.0748. The van der Waals surface area contributed by atoms with Crippen LogP contribution in [0.4, 0.5) is 5.95 Å². The quantitative estimate of drug-likeness (QED) is 0.584. The minimum absolute atomic E-state index is 0.0113. The molecule has 2 aromatic heterocycles. The Morgan fingerprint density at radius 3 is 2.61 bits per heavy atom. The molecule has 2 aromatic carbocycles. The summed E-state index contributed by atoms with van der Waals surface area (Å²) in [7, 11) is 0. The number of rotatable bonds is 3. The summed E-state index contributed by atoms with van der Waals surface area (Å²) in [6, 6.07) is 15.5. The van der Waals surface area contributed by atoms with Crippen molar-refractivity contribution in [2.75, 3.05) is 31.1 Å². The van der Waals surface area contributed by atoms with Crippen LogP contribution in [-0.4, -0.2) is 67.4 Å². The van der Waals surface area contributed by atoms with Crippen molar-refractivity contribution in [3.8, 4) is 5.69 Å². The highest BCUT2D eigenvalue weighted by molar-refractivity contribution is 6.05. The molecule has 0 aliphatic carbocycles. The molecule has 9 nitrogen and oxygen atoms in total. The fourth-order valence-corrected chi connectivity index (χ4v) is 3.54. The lowest BCUT2D eigenvalue weighted by Gasteiger charge is -2.34. The maximum Gasteiger partial charge on any atom is 0.256 e. The second-order valence-corrected chi connectivity index (χ2v) is 6.65. The van der Waals surface area contributed by atoms with Gasteiger partial charge in [-0.2, -0.15) is 9.78 Å². The van der Waals surface area contributed by atoms with Crippen molar-refractivity contribution in [1.29, 1.82) is 0 Å². The molecule has 9 heteroatoms. The van der Waals surface area contributed by atoms with Gasteiger partial charge in [0.2, 0.25) is 5.95 Å².